The average Bonchev–Trinajstić information content (AvgIpc) is 2.04. The van der Waals surface area contributed by atoms with Crippen molar-refractivity contribution in [3.8, 4) is 18.3 Å². The number of esters is 1. The van der Waals surface area contributed by atoms with Crippen molar-refractivity contribution in [1.29, 1.82) is 0 Å². The Hall–Kier alpha value is -1.95. The number of ether oxygens (including phenoxy) is 1. The number of phenols is 1. The Balaban J connectivity index is 3.14. The second kappa shape index (κ2) is 3.63. The van der Waals surface area contributed by atoms with Crippen LogP contribution < -0.4 is 0 Å². The van der Waals surface area contributed by atoms with Gasteiger partial charge in [-0.25, -0.2) is 4.79 Å². The van der Waals surface area contributed by atoms with Crippen molar-refractivity contribution in [3.63, 3.8) is 0 Å². The molecule has 0 aliphatic carbocycles. The van der Waals surface area contributed by atoms with Crippen LogP contribution in [0.4, 0.5) is 0 Å². The van der Waals surface area contributed by atoms with Crippen molar-refractivity contribution in [1.82, 2.24) is 0 Å². The minimum absolute atomic E-state index is 0.112. The Morgan fingerprint density at radius 1 is 1.62 bits per heavy atom. The molecule has 1 aromatic carbocycles. The maximum Gasteiger partial charge on any atom is 0.356 e. The number of terminal acetylenes is 1. The van der Waals surface area contributed by atoms with E-state index in [-0.39, 0.29) is 11.3 Å². The summed E-state index contributed by atoms with van der Waals surface area (Å²) in [5.41, 5.74) is 0.737. The molecule has 0 heterocycles. The van der Waals surface area contributed by atoms with Crippen molar-refractivity contribution < 1.29 is 14.6 Å². The van der Waals surface area contributed by atoms with Gasteiger partial charge in [-0.05, 0) is 18.6 Å². The third-order valence-electron chi connectivity index (χ3n) is 1.61. The molecule has 0 fully saturated rings. The summed E-state index contributed by atoms with van der Waals surface area (Å²) in [5.74, 6) is -0.835. The van der Waals surface area contributed by atoms with E-state index in [1.54, 1.807) is 25.2 Å². The van der Waals surface area contributed by atoms with Crippen LogP contribution in [0.25, 0.3) is 0 Å². The second-order valence-electron chi connectivity index (χ2n) is 2.48. The Bertz CT molecular complexity index is 354. The number of phenolic OH excluding ortho intramolecular Hbond substituents is 1. The standard InChI is InChI=1S/C10H8O3/c1-3-13-10(12)9-7(2)5-4-6-8(9)11/h1,4-6,11H,2H3. The third-order valence-corrected chi connectivity index (χ3v) is 1.61. The summed E-state index contributed by atoms with van der Waals surface area (Å²) in [5, 5.41) is 9.32. The van der Waals surface area contributed by atoms with Crippen LogP contribution >= 0.6 is 0 Å². The fourth-order valence-corrected chi connectivity index (χ4v) is 1.02. The minimum Gasteiger partial charge on any atom is -0.507 e. The molecule has 0 atom stereocenters. The van der Waals surface area contributed by atoms with E-state index in [1.165, 1.54) is 6.07 Å². The molecule has 0 amide bonds. The van der Waals surface area contributed by atoms with Crippen molar-refractivity contribution in [2.75, 3.05) is 0 Å². The molecule has 0 saturated heterocycles. The van der Waals surface area contributed by atoms with Crippen LogP contribution in [0.2, 0.25) is 0 Å². The van der Waals surface area contributed by atoms with Gasteiger partial charge in [0.15, 0.2) is 0 Å². The van der Waals surface area contributed by atoms with Gasteiger partial charge in [0, 0.05) is 0 Å². The van der Waals surface area contributed by atoms with E-state index in [0.29, 0.717) is 5.56 Å². The zero-order valence-corrected chi connectivity index (χ0v) is 7.07. The van der Waals surface area contributed by atoms with E-state index in [9.17, 15) is 9.90 Å². The monoisotopic (exact) mass is 176 g/mol. The summed E-state index contributed by atoms with van der Waals surface area (Å²) in [6.45, 7) is 1.69. The predicted octanol–water partition coefficient (Wildman–Crippen LogP) is 1.45. The Morgan fingerprint density at radius 2 is 2.31 bits per heavy atom. The summed E-state index contributed by atoms with van der Waals surface area (Å²) in [7, 11) is 0. The molecule has 3 nitrogen and oxygen atoms in total. The lowest BCUT2D eigenvalue weighted by molar-refractivity contribution is 0.0687. The first-order valence-corrected chi connectivity index (χ1v) is 3.62. The summed E-state index contributed by atoms with van der Waals surface area (Å²) < 4.78 is 4.32. The molecule has 1 aromatic rings. The largest absolute Gasteiger partial charge is 0.507 e. The molecule has 1 N–H and O–H groups in total. The van der Waals surface area contributed by atoms with E-state index in [1.807, 2.05) is 0 Å². The van der Waals surface area contributed by atoms with Gasteiger partial charge in [0.2, 0.25) is 0 Å². The van der Waals surface area contributed by atoms with Gasteiger partial charge in [0.25, 0.3) is 0 Å². The van der Waals surface area contributed by atoms with Crippen LogP contribution in [0, 0.1) is 19.5 Å². The maximum absolute atomic E-state index is 11.2. The van der Waals surface area contributed by atoms with Crippen molar-refractivity contribution in [2.24, 2.45) is 0 Å². The zero-order chi connectivity index (χ0) is 9.84. The van der Waals surface area contributed by atoms with Gasteiger partial charge in [-0.2, -0.15) is 0 Å². The zero-order valence-electron chi connectivity index (χ0n) is 7.07. The molecule has 0 spiro atoms. The van der Waals surface area contributed by atoms with E-state index in [0.717, 1.165) is 0 Å². The van der Waals surface area contributed by atoms with Gasteiger partial charge in [0.05, 0.1) is 0 Å². The first-order chi connectivity index (χ1) is 6.16. The van der Waals surface area contributed by atoms with E-state index in [2.05, 4.69) is 4.74 Å². The topological polar surface area (TPSA) is 46.5 Å². The van der Waals surface area contributed by atoms with Crippen LogP contribution in [-0.2, 0) is 4.74 Å². The molecule has 0 aliphatic rings. The average molecular weight is 176 g/mol. The fraction of sp³-hybridized carbons (Fsp3) is 0.100. The highest BCUT2D eigenvalue weighted by Gasteiger charge is 2.14. The van der Waals surface area contributed by atoms with Gasteiger partial charge in [-0.3, -0.25) is 0 Å². The smallest absolute Gasteiger partial charge is 0.356 e. The summed E-state index contributed by atoms with van der Waals surface area (Å²) >= 11 is 0. The first kappa shape index (κ1) is 9.14. The van der Waals surface area contributed by atoms with Gasteiger partial charge in [-0.15, -0.1) is 0 Å². The van der Waals surface area contributed by atoms with E-state index >= 15 is 0 Å². The van der Waals surface area contributed by atoms with Crippen molar-refractivity contribution in [2.45, 2.75) is 6.92 Å². The SMILES string of the molecule is C#COC(=O)c1c(C)cccc1O. The molecule has 0 radical (unpaired) electrons. The second-order valence-corrected chi connectivity index (χ2v) is 2.48. The number of hydrogen-bond acceptors (Lipinski definition) is 3. The van der Waals surface area contributed by atoms with Gasteiger partial charge in [0.1, 0.15) is 17.4 Å². The fourth-order valence-electron chi connectivity index (χ4n) is 1.02. The number of aryl methyl sites for hydroxylation is 1. The normalized spacial score (nSPS) is 8.92. The third kappa shape index (κ3) is 1.79. The Kier molecular flexibility index (Phi) is 2.56. The van der Waals surface area contributed by atoms with E-state index in [4.69, 9.17) is 6.42 Å². The molecule has 13 heavy (non-hydrogen) atoms. The molecule has 0 unspecified atom stereocenters. The number of carbonyl (C=O) groups is 1. The molecule has 0 aromatic heterocycles. The first-order valence-electron chi connectivity index (χ1n) is 3.62. The number of hydrogen-bond donors (Lipinski definition) is 1. The highest BCUT2D eigenvalue weighted by atomic mass is 16.5. The number of aromatic hydroxyl groups is 1. The molecule has 0 bridgehead atoms. The van der Waals surface area contributed by atoms with Crippen LogP contribution in [0.15, 0.2) is 18.2 Å². The molecule has 66 valence electrons. The molecule has 0 aliphatic heterocycles. The lowest BCUT2D eigenvalue weighted by Gasteiger charge is -2.03. The maximum atomic E-state index is 11.2. The van der Waals surface area contributed by atoms with Crippen LogP contribution in [0.1, 0.15) is 15.9 Å². The lowest BCUT2D eigenvalue weighted by Crippen LogP contribution is -2.03. The van der Waals surface area contributed by atoms with Crippen molar-refractivity contribution in [3.05, 3.63) is 29.3 Å². The van der Waals surface area contributed by atoms with Gasteiger partial charge >= 0.3 is 5.97 Å². The van der Waals surface area contributed by atoms with Crippen molar-refractivity contribution >= 4 is 5.97 Å². The predicted molar refractivity (Wildman–Crippen MR) is 47.1 cm³/mol. The van der Waals surface area contributed by atoms with Crippen LogP contribution in [-0.4, -0.2) is 11.1 Å². The van der Waals surface area contributed by atoms with Crippen LogP contribution in [0.5, 0.6) is 5.75 Å². The molecular formula is C10H8O3. The highest BCUT2D eigenvalue weighted by Crippen LogP contribution is 2.20. The van der Waals surface area contributed by atoms with E-state index < -0.39 is 5.97 Å². The summed E-state index contributed by atoms with van der Waals surface area (Å²) in [6, 6.07) is 4.73. The van der Waals surface area contributed by atoms with Gasteiger partial charge < -0.3 is 9.84 Å². The summed E-state index contributed by atoms with van der Waals surface area (Å²) in [4.78, 5) is 11.2. The minimum atomic E-state index is -0.710. The molecule has 1 rings (SSSR count). The number of rotatable bonds is 1. The highest BCUT2D eigenvalue weighted by molar-refractivity contribution is 5.94. The van der Waals surface area contributed by atoms with Crippen LogP contribution in [0.3, 0.4) is 0 Å². The molecule has 0 saturated carbocycles. The summed E-state index contributed by atoms with van der Waals surface area (Å²) in [6.07, 6.45) is 6.55. The number of benzene rings is 1. The quantitative estimate of drug-likeness (QED) is 0.520. The van der Waals surface area contributed by atoms with Gasteiger partial charge in [-0.1, -0.05) is 18.6 Å². The Morgan fingerprint density at radius 3 is 2.85 bits per heavy atom. The molecular weight excluding hydrogens is 168 g/mol. The number of carbonyl (C=O) groups excluding carboxylic acids is 1. The lowest BCUT2D eigenvalue weighted by atomic mass is 10.1. The Labute approximate surface area is 76.0 Å². The molecule has 3 heteroatoms.